The van der Waals surface area contributed by atoms with Crippen molar-refractivity contribution >= 4 is 33.1 Å². The minimum atomic E-state index is -3.74. The van der Waals surface area contributed by atoms with Crippen LogP contribution in [0.3, 0.4) is 0 Å². The second-order valence-corrected chi connectivity index (χ2v) is 8.27. The first-order chi connectivity index (χ1) is 12.9. The van der Waals surface area contributed by atoms with Crippen molar-refractivity contribution in [2.45, 2.75) is 18.4 Å². The van der Waals surface area contributed by atoms with Crippen molar-refractivity contribution in [3.8, 4) is 5.75 Å². The van der Waals surface area contributed by atoms with E-state index in [9.17, 15) is 13.2 Å². The molecule has 1 amide bonds. The van der Waals surface area contributed by atoms with Gasteiger partial charge in [-0.15, -0.1) is 11.3 Å². The predicted octanol–water partition coefficient (Wildman–Crippen LogP) is 2.78. The van der Waals surface area contributed by atoms with Crippen LogP contribution in [0.5, 0.6) is 5.75 Å². The van der Waals surface area contributed by atoms with Crippen LogP contribution in [0.4, 0.5) is 5.82 Å². The molecule has 0 aliphatic heterocycles. The van der Waals surface area contributed by atoms with E-state index in [2.05, 4.69) is 15.2 Å². The average Bonchev–Trinajstić information content (AvgIpc) is 3.30. The topological polar surface area (TPSA) is 111 Å². The molecule has 0 fully saturated rings. The van der Waals surface area contributed by atoms with Gasteiger partial charge in [-0.3, -0.25) is 4.79 Å². The van der Waals surface area contributed by atoms with Gasteiger partial charge in [0.1, 0.15) is 11.5 Å². The Labute approximate surface area is 160 Å². The Hall–Kier alpha value is -2.69. The van der Waals surface area contributed by atoms with Crippen LogP contribution in [0.25, 0.3) is 0 Å². The monoisotopic (exact) mass is 407 g/mol. The number of methoxy groups -OCH3 is 1. The summed E-state index contributed by atoms with van der Waals surface area (Å²) >= 11 is 1.03. The zero-order chi connectivity index (χ0) is 19.4. The van der Waals surface area contributed by atoms with Gasteiger partial charge in [-0.25, -0.2) is 13.1 Å². The number of nitrogens with one attached hydrogen (secondary N) is 2. The Bertz CT molecular complexity index is 1040. The molecule has 0 saturated heterocycles. The molecule has 1 aromatic carbocycles. The predicted molar refractivity (Wildman–Crippen MR) is 101 cm³/mol. The number of sulfonamides is 1. The number of thiophene rings is 1. The van der Waals surface area contributed by atoms with E-state index in [0.29, 0.717) is 11.5 Å². The molecule has 0 aliphatic rings. The van der Waals surface area contributed by atoms with Crippen molar-refractivity contribution in [1.29, 1.82) is 0 Å². The Morgan fingerprint density at radius 1 is 1.26 bits per heavy atom. The summed E-state index contributed by atoms with van der Waals surface area (Å²) in [5, 5.41) is 7.64. The summed E-state index contributed by atoms with van der Waals surface area (Å²) in [4.78, 5) is 12.5. The fourth-order valence-electron chi connectivity index (χ4n) is 2.19. The summed E-state index contributed by atoms with van der Waals surface area (Å²) < 4.78 is 37.3. The number of nitrogens with zero attached hydrogens (tertiary/aromatic N) is 1. The van der Waals surface area contributed by atoms with Gasteiger partial charge in [0.25, 0.3) is 5.91 Å². The molecule has 2 aromatic heterocycles. The van der Waals surface area contributed by atoms with E-state index in [-0.39, 0.29) is 22.1 Å². The molecule has 142 valence electrons. The molecule has 0 atom stereocenters. The highest BCUT2D eigenvalue weighted by Gasteiger charge is 2.19. The number of rotatable bonds is 7. The third-order valence-electron chi connectivity index (χ3n) is 3.60. The Balaban J connectivity index is 1.65. The molecule has 0 aliphatic carbocycles. The van der Waals surface area contributed by atoms with Gasteiger partial charge in [0.05, 0.1) is 16.9 Å². The van der Waals surface area contributed by atoms with Crippen molar-refractivity contribution < 1.29 is 22.5 Å². The molecule has 0 unspecified atom stereocenters. The third kappa shape index (κ3) is 4.73. The quantitative estimate of drug-likeness (QED) is 0.623. The molecule has 0 radical (unpaired) electrons. The Morgan fingerprint density at radius 2 is 2.00 bits per heavy atom. The van der Waals surface area contributed by atoms with Gasteiger partial charge in [-0.1, -0.05) is 17.3 Å². The standard InChI is InChI=1S/C17H17N3O5S2/c1-11-7-16(20-25-11)19-17(21)15-8-14(10-26-15)27(22,23)18-9-12-3-5-13(24-2)6-4-12/h3-8,10,18H,9H2,1-2H3,(H,19,20,21). The summed E-state index contributed by atoms with van der Waals surface area (Å²) in [5.74, 6) is 1.07. The Morgan fingerprint density at radius 3 is 2.63 bits per heavy atom. The van der Waals surface area contributed by atoms with Crippen molar-refractivity contribution in [3.63, 3.8) is 0 Å². The molecule has 0 spiro atoms. The molecule has 0 saturated carbocycles. The smallest absolute Gasteiger partial charge is 0.267 e. The van der Waals surface area contributed by atoms with Gasteiger partial charge in [-0.05, 0) is 30.7 Å². The normalized spacial score (nSPS) is 11.3. The summed E-state index contributed by atoms with van der Waals surface area (Å²) in [7, 11) is -2.18. The second-order valence-electron chi connectivity index (χ2n) is 5.60. The first-order valence-electron chi connectivity index (χ1n) is 7.83. The molecule has 3 rings (SSSR count). The summed E-state index contributed by atoms with van der Waals surface area (Å²) in [6, 6.07) is 9.94. The van der Waals surface area contributed by atoms with E-state index in [1.807, 2.05) is 0 Å². The zero-order valence-corrected chi connectivity index (χ0v) is 16.2. The van der Waals surface area contributed by atoms with Gasteiger partial charge >= 0.3 is 0 Å². The molecular formula is C17H17N3O5S2. The highest BCUT2D eigenvalue weighted by molar-refractivity contribution is 7.89. The maximum absolute atomic E-state index is 12.4. The number of carbonyl (C=O) groups excluding carboxylic acids is 1. The van der Waals surface area contributed by atoms with Crippen LogP contribution in [0.15, 0.2) is 51.2 Å². The lowest BCUT2D eigenvalue weighted by Gasteiger charge is -2.06. The van der Waals surface area contributed by atoms with E-state index >= 15 is 0 Å². The maximum Gasteiger partial charge on any atom is 0.267 e. The molecule has 27 heavy (non-hydrogen) atoms. The van der Waals surface area contributed by atoms with Crippen LogP contribution in [-0.2, 0) is 16.6 Å². The maximum atomic E-state index is 12.4. The lowest BCUT2D eigenvalue weighted by atomic mass is 10.2. The summed E-state index contributed by atoms with van der Waals surface area (Å²) in [6.45, 7) is 1.83. The molecular weight excluding hydrogens is 390 g/mol. The van der Waals surface area contributed by atoms with Gasteiger partial charge < -0.3 is 14.6 Å². The van der Waals surface area contributed by atoms with Gasteiger partial charge in [-0.2, -0.15) is 0 Å². The molecule has 2 N–H and O–H groups in total. The minimum absolute atomic E-state index is 0.0301. The van der Waals surface area contributed by atoms with Crippen LogP contribution in [0, 0.1) is 6.92 Å². The van der Waals surface area contributed by atoms with Crippen LogP contribution in [0.1, 0.15) is 21.0 Å². The number of aryl methyl sites for hydroxylation is 1. The SMILES string of the molecule is COc1ccc(CNS(=O)(=O)c2csc(C(=O)Nc3cc(C)on3)c2)cc1. The highest BCUT2D eigenvalue weighted by atomic mass is 32.2. The molecule has 3 aromatic rings. The van der Waals surface area contributed by atoms with E-state index in [1.54, 1.807) is 44.4 Å². The highest BCUT2D eigenvalue weighted by Crippen LogP contribution is 2.21. The van der Waals surface area contributed by atoms with E-state index in [0.717, 1.165) is 16.9 Å². The average molecular weight is 407 g/mol. The van der Waals surface area contributed by atoms with Crippen molar-refractivity contribution in [2.75, 3.05) is 12.4 Å². The van der Waals surface area contributed by atoms with Crippen LogP contribution >= 0.6 is 11.3 Å². The van der Waals surface area contributed by atoms with Gasteiger partial charge in [0.15, 0.2) is 5.82 Å². The number of aromatic nitrogens is 1. The number of benzene rings is 1. The lowest BCUT2D eigenvalue weighted by molar-refractivity contribution is 0.102. The zero-order valence-electron chi connectivity index (χ0n) is 14.6. The molecule has 8 nitrogen and oxygen atoms in total. The molecule has 10 heteroatoms. The fourth-order valence-corrected chi connectivity index (χ4v) is 4.37. The van der Waals surface area contributed by atoms with E-state index in [4.69, 9.17) is 9.26 Å². The number of hydrogen-bond acceptors (Lipinski definition) is 7. The minimum Gasteiger partial charge on any atom is -0.497 e. The number of amides is 1. The fraction of sp³-hybridized carbons (Fsp3) is 0.176. The molecule has 0 bridgehead atoms. The Kier molecular flexibility index (Phi) is 5.59. The van der Waals surface area contributed by atoms with Gasteiger partial charge in [0.2, 0.25) is 10.0 Å². The van der Waals surface area contributed by atoms with Crippen molar-refractivity contribution in [3.05, 3.63) is 58.0 Å². The number of anilines is 1. The second kappa shape index (κ2) is 7.91. The van der Waals surface area contributed by atoms with Crippen LogP contribution < -0.4 is 14.8 Å². The van der Waals surface area contributed by atoms with Crippen molar-refractivity contribution in [2.24, 2.45) is 0 Å². The van der Waals surface area contributed by atoms with Crippen LogP contribution in [0.2, 0.25) is 0 Å². The molecule has 2 heterocycles. The largest absolute Gasteiger partial charge is 0.497 e. The van der Waals surface area contributed by atoms with E-state index < -0.39 is 15.9 Å². The van der Waals surface area contributed by atoms with Crippen molar-refractivity contribution in [1.82, 2.24) is 9.88 Å². The number of ether oxygens (including phenoxy) is 1. The van der Waals surface area contributed by atoms with Crippen LogP contribution in [-0.4, -0.2) is 26.6 Å². The van der Waals surface area contributed by atoms with E-state index in [1.165, 1.54) is 11.4 Å². The number of carbonyl (C=O) groups is 1. The third-order valence-corrected chi connectivity index (χ3v) is 6.06. The first-order valence-corrected chi connectivity index (χ1v) is 10.2. The van der Waals surface area contributed by atoms with Gasteiger partial charge in [0, 0.05) is 18.0 Å². The first kappa shape index (κ1) is 19.1. The lowest BCUT2D eigenvalue weighted by Crippen LogP contribution is -2.22. The summed E-state index contributed by atoms with van der Waals surface area (Å²) in [6.07, 6.45) is 0. The number of hydrogen-bond donors (Lipinski definition) is 2. The summed E-state index contributed by atoms with van der Waals surface area (Å²) in [5.41, 5.74) is 0.786.